The van der Waals surface area contributed by atoms with Gasteiger partial charge >= 0.3 is 0 Å². The molecule has 0 unspecified atom stereocenters. The molecule has 0 N–H and O–H groups in total. The van der Waals surface area contributed by atoms with Crippen LogP contribution in [0.15, 0.2) is 0 Å². The number of likely N-dealkylation sites (tertiary alicyclic amines) is 1. The molecule has 0 saturated carbocycles. The molecular weight excluding hydrogens is 178 g/mol. The van der Waals surface area contributed by atoms with Gasteiger partial charge in [-0.25, -0.2) is 0 Å². The van der Waals surface area contributed by atoms with Gasteiger partial charge in [0.2, 0.25) is 0 Å². The van der Waals surface area contributed by atoms with E-state index in [-0.39, 0.29) is 5.12 Å². The third kappa shape index (κ3) is 2.45. The Bertz CT molecular complexity index is 191. The lowest BCUT2D eigenvalue weighted by Gasteiger charge is -2.09. The van der Waals surface area contributed by atoms with Gasteiger partial charge in [0.25, 0.3) is 0 Å². The summed E-state index contributed by atoms with van der Waals surface area (Å²) in [6.07, 6.45) is 0.885. The maximum Gasteiger partial charge on any atom is 0.186 e. The minimum Gasteiger partial charge on any atom is -0.368 e. The lowest BCUT2D eigenvalue weighted by molar-refractivity contribution is -0.109. The van der Waals surface area contributed by atoms with Crippen LogP contribution in [0.4, 0.5) is 0 Å². The van der Waals surface area contributed by atoms with Crippen molar-refractivity contribution in [2.75, 3.05) is 13.6 Å². The van der Waals surface area contributed by atoms with E-state index in [0.717, 1.165) is 18.0 Å². The van der Waals surface area contributed by atoms with Gasteiger partial charge in [0.05, 0.1) is 4.99 Å². The van der Waals surface area contributed by atoms with Crippen molar-refractivity contribution in [2.45, 2.75) is 18.6 Å². The fourth-order valence-electron chi connectivity index (χ4n) is 1.14. The number of carbonyl (C=O) groups excluding carboxylic acids is 1. The minimum absolute atomic E-state index is 0.188. The molecule has 0 amide bonds. The number of nitrogens with zero attached hydrogens (tertiary/aromatic N) is 1. The average molecular weight is 189 g/mol. The van der Waals surface area contributed by atoms with Crippen molar-refractivity contribution >= 4 is 34.1 Å². The van der Waals surface area contributed by atoms with E-state index in [1.54, 1.807) is 6.92 Å². The van der Waals surface area contributed by atoms with Gasteiger partial charge in [0.15, 0.2) is 5.12 Å². The van der Waals surface area contributed by atoms with Crippen molar-refractivity contribution in [1.82, 2.24) is 4.90 Å². The van der Waals surface area contributed by atoms with Crippen LogP contribution in [0.25, 0.3) is 0 Å². The fraction of sp³-hybridized carbons (Fsp3) is 0.714. The van der Waals surface area contributed by atoms with Gasteiger partial charge in [0, 0.05) is 32.2 Å². The molecule has 62 valence electrons. The Morgan fingerprint density at radius 3 is 2.82 bits per heavy atom. The van der Waals surface area contributed by atoms with E-state index in [1.807, 2.05) is 11.9 Å². The van der Waals surface area contributed by atoms with Crippen molar-refractivity contribution in [1.29, 1.82) is 0 Å². The number of thioether (sulfide) groups is 1. The molecule has 0 aromatic carbocycles. The lowest BCUT2D eigenvalue weighted by atomic mass is 10.4. The van der Waals surface area contributed by atoms with Crippen LogP contribution in [0.5, 0.6) is 0 Å². The van der Waals surface area contributed by atoms with Crippen LogP contribution >= 0.6 is 24.0 Å². The molecule has 0 spiro atoms. The predicted molar refractivity (Wildman–Crippen MR) is 51.9 cm³/mol. The highest BCUT2D eigenvalue weighted by Crippen LogP contribution is 2.23. The Morgan fingerprint density at radius 1 is 1.82 bits per heavy atom. The summed E-state index contributed by atoms with van der Waals surface area (Å²) in [5.41, 5.74) is 0. The third-order valence-corrected chi connectivity index (χ3v) is 3.10. The monoisotopic (exact) mass is 189 g/mol. The van der Waals surface area contributed by atoms with Gasteiger partial charge in [-0.15, -0.1) is 0 Å². The molecule has 1 aliphatic heterocycles. The van der Waals surface area contributed by atoms with Crippen molar-refractivity contribution in [3.05, 3.63) is 0 Å². The van der Waals surface area contributed by atoms with Gasteiger partial charge in [-0.3, -0.25) is 4.79 Å². The van der Waals surface area contributed by atoms with Gasteiger partial charge in [-0.1, -0.05) is 24.0 Å². The zero-order valence-corrected chi connectivity index (χ0v) is 8.30. The van der Waals surface area contributed by atoms with Crippen LogP contribution in [-0.2, 0) is 4.79 Å². The zero-order chi connectivity index (χ0) is 8.43. The Hall–Kier alpha value is -0.0900. The molecule has 1 saturated heterocycles. The van der Waals surface area contributed by atoms with E-state index in [4.69, 9.17) is 12.2 Å². The van der Waals surface area contributed by atoms with E-state index in [1.165, 1.54) is 11.8 Å². The molecule has 0 bridgehead atoms. The van der Waals surface area contributed by atoms with Gasteiger partial charge in [-0.2, -0.15) is 0 Å². The summed E-state index contributed by atoms with van der Waals surface area (Å²) in [7, 11) is 1.98. The fourth-order valence-corrected chi connectivity index (χ4v) is 2.53. The second-order valence-electron chi connectivity index (χ2n) is 2.71. The van der Waals surface area contributed by atoms with Crippen LogP contribution < -0.4 is 0 Å². The van der Waals surface area contributed by atoms with E-state index < -0.39 is 0 Å². The predicted octanol–water partition coefficient (Wildman–Crippen LogP) is 1.30. The lowest BCUT2D eigenvalue weighted by Crippen LogP contribution is -2.18. The smallest absolute Gasteiger partial charge is 0.186 e. The molecule has 1 fully saturated rings. The molecule has 1 aliphatic rings. The van der Waals surface area contributed by atoms with Gasteiger partial charge in [-0.05, 0) is 0 Å². The summed E-state index contributed by atoms with van der Waals surface area (Å²) in [5, 5.41) is 0.582. The highest BCUT2D eigenvalue weighted by Gasteiger charge is 2.24. The average Bonchev–Trinajstić information content (AvgIpc) is 2.10. The van der Waals surface area contributed by atoms with Gasteiger partial charge in [0.1, 0.15) is 0 Å². The van der Waals surface area contributed by atoms with E-state index in [0.29, 0.717) is 5.25 Å². The summed E-state index contributed by atoms with van der Waals surface area (Å²) in [5.74, 6) is 0. The summed E-state index contributed by atoms with van der Waals surface area (Å²) < 4.78 is 0. The standard InChI is InChI=1S/C7H11NOS2/c1-5(9)11-6-3-7(10)8(2)4-6/h6H,3-4H2,1-2H3/t6-/m1/s1. The van der Waals surface area contributed by atoms with E-state index in [2.05, 4.69) is 0 Å². The maximum atomic E-state index is 10.7. The molecule has 0 aromatic rings. The number of hydrogen-bond donors (Lipinski definition) is 0. The second-order valence-corrected chi connectivity index (χ2v) is 4.66. The quantitative estimate of drug-likeness (QED) is 0.579. The largest absolute Gasteiger partial charge is 0.368 e. The summed E-state index contributed by atoms with van der Waals surface area (Å²) in [6.45, 7) is 2.52. The van der Waals surface area contributed by atoms with Crippen molar-refractivity contribution in [2.24, 2.45) is 0 Å². The van der Waals surface area contributed by atoms with Crippen LogP contribution in [0.3, 0.4) is 0 Å². The summed E-state index contributed by atoms with van der Waals surface area (Å²) in [6, 6.07) is 0. The first-order chi connectivity index (χ1) is 5.09. The minimum atomic E-state index is 0.188. The third-order valence-electron chi connectivity index (χ3n) is 1.64. The molecule has 0 aliphatic carbocycles. The molecule has 1 atom stereocenters. The molecular formula is C7H11NOS2. The van der Waals surface area contributed by atoms with Crippen LogP contribution in [0.1, 0.15) is 13.3 Å². The zero-order valence-electron chi connectivity index (χ0n) is 6.66. The van der Waals surface area contributed by atoms with Crippen LogP contribution in [0, 0.1) is 0 Å². The first-order valence-corrected chi connectivity index (χ1v) is 4.79. The normalized spacial score (nSPS) is 24.4. The van der Waals surface area contributed by atoms with E-state index >= 15 is 0 Å². The SMILES string of the molecule is CC(=O)S[C@@H]1CC(=S)N(C)C1. The van der Waals surface area contributed by atoms with Crippen molar-refractivity contribution in [3.63, 3.8) is 0 Å². The first kappa shape index (κ1) is 9.00. The molecule has 0 aromatic heterocycles. The molecule has 1 heterocycles. The molecule has 0 radical (unpaired) electrons. The number of hydrogen-bond acceptors (Lipinski definition) is 3. The molecule has 2 nitrogen and oxygen atoms in total. The molecule has 1 rings (SSSR count). The van der Waals surface area contributed by atoms with Gasteiger partial charge < -0.3 is 4.90 Å². The topological polar surface area (TPSA) is 20.3 Å². The Kier molecular flexibility index (Phi) is 2.90. The van der Waals surface area contributed by atoms with Crippen molar-refractivity contribution in [3.8, 4) is 0 Å². The Morgan fingerprint density at radius 2 is 2.45 bits per heavy atom. The van der Waals surface area contributed by atoms with Crippen LogP contribution in [0.2, 0.25) is 0 Å². The maximum absolute atomic E-state index is 10.7. The Labute approximate surface area is 76.3 Å². The highest BCUT2D eigenvalue weighted by molar-refractivity contribution is 8.14. The molecule has 4 heteroatoms. The highest BCUT2D eigenvalue weighted by atomic mass is 32.2. The summed E-state index contributed by atoms with van der Waals surface area (Å²) >= 11 is 6.47. The van der Waals surface area contributed by atoms with Crippen LogP contribution in [-0.4, -0.2) is 33.8 Å². The first-order valence-electron chi connectivity index (χ1n) is 3.51. The second kappa shape index (κ2) is 3.54. The Balaban J connectivity index is 2.41. The van der Waals surface area contributed by atoms with E-state index in [9.17, 15) is 4.79 Å². The summed E-state index contributed by atoms with van der Waals surface area (Å²) in [4.78, 5) is 13.7. The molecule has 11 heavy (non-hydrogen) atoms. The van der Waals surface area contributed by atoms with Crippen molar-refractivity contribution < 1.29 is 4.79 Å². The number of thiocarbonyl (C=S) groups is 1. The number of rotatable bonds is 1. The number of carbonyl (C=O) groups is 1.